The lowest BCUT2D eigenvalue weighted by molar-refractivity contribution is 0.321. The van der Waals surface area contributed by atoms with E-state index in [1.165, 1.54) is 24.3 Å². The molecule has 0 aliphatic carbocycles. The van der Waals surface area contributed by atoms with Gasteiger partial charge < -0.3 is 10.4 Å². The summed E-state index contributed by atoms with van der Waals surface area (Å²) in [6, 6.07) is 5.47. The van der Waals surface area contributed by atoms with Crippen LogP contribution in [0, 0.1) is 5.82 Å². The Hall–Kier alpha value is -2.44. The lowest BCUT2D eigenvalue weighted by Crippen LogP contribution is -2.05. The van der Waals surface area contributed by atoms with E-state index in [2.05, 4.69) is 20.8 Å². The molecule has 0 saturated carbocycles. The molecule has 1 rings (SSSR count). The molecule has 0 heterocycles. The van der Waals surface area contributed by atoms with Crippen LogP contribution in [0.25, 0.3) is 0 Å². The molecule has 0 saturated heterocycles. The molecule has 7 heteroatoms. The monoisotopic (exact) mass is 254 g/mol. The molecular weight excluding hydrogens is 239 g/mol. The molecule has 98 valence electrons. The highest BCUT2D eigenvalue weighted by Gasteiger charge is 1.93. The third kappa shape index (κ3) is 6.21. The van der Waals surface area contributed by atoms with Crippen molar-refractivity contribution in [1.82, 2.24) is 0 Å². The Balaban J connectivity index is 0.00000137. The second-order valence-electron chi connectivity index (χ2n) is 2.64. The lowest BCUT2D eigenvalue weighted by Gasteiger charge is -1.99. The van der Waals surface area contributed by atoms with Gasteiger partial charge in [0.15, 0.2) is 0 Å². The Morgan fingerprint density at radius 2 is 1.61 bits per heavy atom. The van der Waals surface area contributed by atoms with E-state index in [0.29, 0.717) is 5.69 Å². The molecule has 0 aliphatic heterocycles. The van der Waals surface area contributed by atoms with Crippen LogP contribution in [0.15, 0.2) is 39.7 Å². The van der Waals surface area contributed by atoms with E-state index in [0.717, 1.165) is 12.4 Å². The molecule has 0 amide bonds. The van der Waals surface area contributed by atoms with E-state index < -0.39 is 0 Å². The van der Waals surface area contributed by atoms with E-state index >= 15 is 0 Å². The Bertz CT molecular complexity index is 402. The van der Waals surface area contributed by atoms with Gasteiger partial charge in [-0.2, -0.15) is 5.10 Å². The minimum Gasteiger partial charge on any atom is -0.411 e. The third-order valence-corrected chi connectivity index (χ3v) is 1.54. The Kier molecular flexibility index (Phi) is 8.44. The summed E-state index contributed by atoms with van der Waals surface area (Å²) in [5.41, 5.74) is 3.19. The number of oxime groups is 2. The molecule has 18 heavy (non-hydrogen) atoms. The van der Waals surface area contributed by atoms with Crippen molar-refractivity contribution in [3.8, 4) is 0 Å². The topological polar surface area (TPSA) is 89.6 Å². The van der Waals surface area contributed by atoms with Crippen molar-refractivity contribution in [3.63, 3.8) is 0 Å². The van der Waals surface area contributed by atoms with Crippen molar-refractivity contribution in [1.29, 1.82) is 0 Å². The third-order valence-electron chi connectivity index (χ3n) is 1.54. The maximum Gasteiger partial charge on any atom is 0.126 e. The van der Waals surface area contributed by atoms with E-state index in [-0.39, 0.29) is 11.5 Å². The Morgan fingerprint density at radius 1 is 1.11 bits per heavy atom. The van der Waals surface area contributed by atoms with Gasteiger partial charge in [-0.15, -0.1) is 0 Å². The standard InChI is InChI=1S/C9H9FN4O2.C2H6/c10-7-1-3-8(4-2-7)13-14-9(5-11-15)6-12-16;1-2/h1-6,13,15-16H;1-2H3/b11-5+,12-6+;. The van der Waals surface area contributed by atoms with Crippen LogP contribution in [0.3, 0.4) is 0 Å². The molecule has 0 spiro atoms. The zero-order chi connectivity index (χ0) is 13.8. The Morgan fingerprint density at radius 3 is 2.06 bits per heavy atom. The van der Waals surface area contributed by atoms with Crippen LogP contribution in [-0.2, 0) is 0 Å². The van der Waals surface area contributed by atoms with Gasteiger partial charge in [0.2, 0.25) is 0 Å². The fourth-order valence-electron chi connectivity index (χ4n) is 0.863. The smallest absolute Gasteiger partial charge is 0.126 e. The first-order chi connectivity index (χ1) is 8.76. The Labute approximate surface area is 104 Å². The highest BCUT2D eigenvalue weighted by atomic mass is 19.1. The van der Waals surface area contributed by atoms with Gasteiger partial charge in [-0.3, -0.25) is 5.43 Å². The van der Waals surface area contributed by atoms with Gasteiger partial charge in [-0.05, 0) is 24.3 Å². The van der Waals surface area contributed by atoms with Crippen LogP contribution < -0.4 is 5.43 Å². The van der Waals surface area contributed by atoms with Crippen LogP contribution in [0.1, 0.15) is 13.8 Å². The van der Waals surface area contributed by atoms with Gasteiger partial charge in [0.05, 0.1) is 18.1 Å². The first kappa shape index (κ1) is 15.6. The number of hydrazone groups is 1. The lowest BCUT2D eigenvalue weighted by atomic mass is 10.3. The van der Waals surface area contributed by atoms with Crippen LogP contribution in [0.4, 0.5) is 10.1 Å². The van der Waals surface area contributed by atoms with Crippen molar-refractivity contribution >= 4 is 23.8 Å². The summed E-state index contributed by atoms with van der Waals surface area (Å²) in [6.45, 7) is 4.00. The largest absolute Gasteiger partial charge is 0.411 e. The highest BCUT2D eigenvalue weighted by Crippen LogP contribution is 2.07. The average molecular weight is 254 g/mol. The molecule has 0 aliphatic rings. The molecule has 6 nitrogen and oxygen atoms in total. The molecular formula is C11H15FN4O2. The maximum absolute atomic E-state index is 12.6. The van der Waals surface area contributed by atoms with Gasteiger partial charge in [0, 0.05) is 0 Å². The molecule has 3 N–H and O–H groups in total. The fraction of sp³-hybridized carbons (Fsp3) is 0.182. The number of nitrogens with one attached hydrogen (secondary N) is 1. The molecule has 0 unspecified atom stereocenters. The second-order valence-corrected chi connectivity index (χ2v) is 2.64. The predicted octanol–water partition coefficient (Wildman–Crippen LogP) is 2.54. The van der Waals surface area contributed by atoms with Crippen molar-refractivity contribution in [2.75, 3.05) is 5.43 Å². The molecule has 1 aromatic carbocycles. The van der Waals surface area contributed by atoms with Crippen molar-refractivity contribution < 1.29 is 14.8 Å². The number of halogens is 1. The quantitative estimate of drug-likeness (QED) is 0.438. The highest BCUT2D eigenvalue weighted by molar-refractivity contribution is 6.55. The van der Waals surface area contributed by atoms with E-state index in [1.807, 2.05) is 13.8 Å². The van der Waals surface area contributed by atoms with Gasteiger partial charge in [0.25, 0.3) is 0 Å². The van der Waals surface area contributed by atoms with Gasteiger partial charge in [-0.25, -0.2) is 4.39 Å². The number of benzene rings is 1. The van der Waals surface area contributed by atoms with Gasteiger partial charge in [0.1, 0.15) is 11.5 Å². The number of hydrogen-bond acceptors (Lipinski definition) is 6. The number of nitrogens with zero attached hydrogens (tertiary/aromatic N) is 3. The normalized spacial score (nSPS) is 9.94. The minimum atomic E-state index is -0.358. The molecule has 0 atom stereocenters. The maximum atomic E-state index is 12.6. The number of hydrogen-bond donors (Lipinski definition) is 3. The summed E-state index contributed by atoms with van der Waals surface area (Å²) < 4.78 is 12.6. The van der Waals surface area contributed by atoms with Gasteiger partial charge >= 0.3 is 0 Å². The molecule has 0 fully saturated rings. The van der Waals surface area contributed by atoms with Crippen molar-refractivity contribution in [2.24, 2.45) is 15.4 Å². The summed E-state index contributed by atoms with van der Waals surface area (Å²) in [6.07, 6.45) is 1.94. The number of rotatable bonds is 4. The van der Waals surface area contributed by atoms with Crippen LogP contribution in [0.5, 0.6) is 0 Å². The summed E-state index contributed by atoms with van der Waals surface area (Å²) in [4.78, 5) is 0. The van der Waals surface area contributed by atoms with Crippen molar-refractivity contribution in [3.05, 3.63) is 30.1 Å². The number of anilines is 1. The molecule has 0 bridgehead atoms. The van der Waals surface area contributed by atoms with E-state index in [1.54, 1.807) is 0 Å². The van der Waals surface area contributed by atoms with Crippen molar-refractivity contribution in [2.45, 2.75) is 13.8 Å². The summed E-state index contributed by atoms with van der Waals surface area (Å²) in [5, 5.41) is 25.7. The average Bonchev–Trinajstić information content (AvgIpc) is 2.41. The molecule has 0 radical (unpaired) electrons. The SMILES string of the molecule is CC.O/N=C/C(/C=N/O)=NNc1ccc(F)cc1. The first-order valence-corrected chi connectivity index (χ1v) is 5.20. The van der Waals surface area contributed by atoms with Crippen LogP contribution in [0.2, 0.25) is 0 Å². The first-order valence-electron chi connectivity index (χ1n) is 5.20. The van der Waals surface area contributed by atoms with E-state index in [9.17, 15) is 4.39 Å². The fourth-order valence-corrected chi connectivity index (χ4v) is 0.863. The predicted molar refractivity (Wildman–Crippen MR) is 69.4 cm³/mol. The molecule has 0 aromatic heterocycles. The van der Waals surface area contributed by atoms with Crippen LogP contribution in [-0.4, -0.2) is 28.6 Å². The second kappa shape index (κ2) is 9.76. The summed E-state index contributed by atoms with van der Waals surface area (Å²) in [5.74, 6) is -0.358. The molecule has 1 aromatic rings. The van der Waals surface area contributed by atoms with Crippen LogP contribution >= 0.6 is 0 Å². The zero-order valence-corrected chi connectivity index (χ0v) is 10.1. The zero-order valence-electron chi connectivity index (χ0n) is 10.1. The van der Waals surface area contributed by atoms with Gasteiger partial charge in [-0.1, -0.05) is 24.2 Å². The van der Waals surface area contributed by atoms with E-state index in [4.69, 9.17) is 10.4 Å². The summed E-state index contributed by atoms with van der Waals surface area (Å²) in [7, 11) is 0. The minimum absolute atomic E-state index is 0.0920. The summed E-state index contributed by atoms with van der Waals surface area (Å²) >= 11 is 0.